The molecule has 7 nitrogen and oxygen atoms in total. The number of thioether (sulfide) groups is 1. The summed E-state index contributed by atoms with van der Waals surface area (Å²) in [5, 5.41) is 7.77. The van der Waals surface area contributed by atoms with Gasteiger partial charge >= 0.3 is 0 Å². The van der Waals surface area contributed by atoms with Crippen molar-refractivity contribution in [2.24, 2.45) is 0 Å². The maximum atomic E-state index is 12.5. The van der Waals surface area contributed by atoms with Gasteiger partial charge in [-0.15, -0.1) is 5.10 Å². The largest absolute Gasteiger partial charge is 0.353 e. The molecule has 1 saturated heterocycles. The zero-order valence-corrected chi connectivity index (χ0v) is 16.5. The van der Waals surface area contributed by atoms with Crippen LogP contribution in [0.1, 0.15) is 5.56 Å². The van der Waals surface area contributed by atoms with Crippen molar-refractivity contribution < 1.29 is 4.79 Å². The van der Waals surface area contributed by atoms with E-state index in [1.807, 2.05) is 54.3 Å². The summed E-state index contributed by atoms with van der Waals surface area (Å²) in [5.41, 5.74) is 2.19. The van der Waals surface area contributed by atoms with E-state index in [1.54, 1.807) is 6.20 Å². The summed E-state index contributed by atoms with van der Waals surface area (Å²) in [6, 6.07) is 14.0. The number of amides is 1. The Morgan fingerprint density at radius 1 is 1.11 bits per heavy atom. The molecule has 1 aliphatic rings. The molecule has 0 saturated carbocycles. The maximum absolute atomic E-state index is 12.5. The molecule has 1 amide bonds. The van der Waals surface area contributed by atoms with Crippen LogP contribution in [0.5, 0.6) is 0 Å². The van der Waals surface area contributed by atoms with E-state index in [-0.39, 0.29) is 5.91 Å². The van der Waals surface area contributed by atoms with Crippen LogP contribution in [0.15, 0.2) is 53.8 Å². The number of carbonyl (C=O) groups is 1. The Morgan fingerprint density at radius 2 is 1.89 bits per heavy atom. The summed E-state index contributed by atoms with van der Waals surface area (Å²) in [5.74, 6) is 2.15. The standard InChI is InChI=1S/C20H22N6OS/c1-15-5-7-16(8-6-15)19-22-20(24-23-19)28-14-18(27)26-12-10-25(11-13-26)17-4-2-3-9-21-17/h2-9H,10-14H2,1H3,(H,22,23,24). The van der Waals surface area contributed by atoms with Gasteiger partial charge in [-0.3, -0.25) is 9.89 Å². The zero-order valence-electron chi connectivity index (χ0n) is 15.7. The Hall–Kier alpha value is -2.87. The molecule has 28 heavy (non-hydrogen) atoms. The molecule has 0 spiro atoms. The lowest BCUT2D eigenvalue weighted by Crippen LogP contribution is -2.49. The first-order chi connectivity index (χ1) is 13.7. The molecule has 0 aliphatic carbocycles. The van der Waals surface area contributed by atoms with Crippen LogP contribution in [0.3, 0.4) is 0 Å². The fourth-order valence-electron chi connectivity index (χ4n) is 3.09. The van der Waals surface area contributed by atoms with Gasteiger partial charge in [0.05, 0.1) is 5.75 Å². The minimum absolute atomic E-state index is 0.118. The van der Waals surface area contributed by atoms with Gasteiger partial charge in [-0.1, -0.05) is 47.7 Å². The molecule has 0 atom stereocenters. The topological polar surface area (TPSA) is 78.0 Å². The quantitative estimate of drug-likeness (QED) is 0.671. The average molecular weight is 395 g/mol. The number of H-pyrrole nitrogens is 1. The fourth-order valence-corrected chi connectivity index (χ4v) is 3.80. The first-order valence-corrected chi connectivity index (χ1v) is 10.2. The second-order valence-electron chi connectivity index (χ2n) is 6.68. The number of hydrogen-bond acceptors (Lipinski definition) is 6. The van der Waals surface area contributed by atoms with Gasteiger partial charge in [-0.2, -0.15) is 0 Å². The number of nitrogens with one attached hydrogen (secondary N) is 1. The van der Waals surface area contributed by atoms with Crippen LogP contribution in [0.25, 0.3) is 11.4 Å². The highest BCUT2D eigenvalue weighted by molar-refractivity contribution is 7.99. The Kier molecular flexibility index (Phi) is 5.57. The second kappa shape index (κ2) is 8.43. The Labute approximate surface area is 168 Å². The van der Waals surface area contributed by atoms with Crippen molar-refractivity contribution in [3.05, 3.63) is 54.2 Å². The summed E-state index contributed by atoms with van der Waals surface area (Å²) in [4.78, 5) is 25.5. The van der Waals surface area contributed by atoms with E-state index >= 15 is 0 Å². The molecule has 8 heteroatoms. The lowest BCUT2D eigenvalue weighted by atomic mass is 10.1. The van der Waals surface area contributed by atoms with E-state index in [4.69, 9.17) is 0 Å². The van der Waals surface area contributed by atoms with E-state index in [2.05, 4.69) is 25.1 Å². The van der Waals surface area contributed by atoms with Crippen molar-refractivity contribution >= 4 is 23.5 Å². The number of hydrogen-bond donors (Lipinski definition) is 1. The van der Waals surface area contributed by atoms with Crippen LogP contribution in [0.4, 0.5) is 5.82 Å². The third-order valence-electron chi connectivity index (χ3n) is 4.72. The number of aromatic nitrogens is 4. The van der Waals surface area contributed by atoms with Crippen molar-refractivity contribution in [2.75, 3.05) is 36.8 Å². The summed E-state index contributed by atoms with van der Waals surface area (Å²) < 4.78 is 0. The van der Waals surface area contributed by atoms with Crippen molar-refractivity contribution in [3.8, 4) is 11.4 Å². The lowest BCUT2D eigenvalue weighted by molar-refractivity contribution is -0.128. The smallest absolute Gasteiger partial charge is 0.233 e. The number of piperazine rings is 1. The molecule has 1 fully saturated rings. The predicted molar refractivity (Wildman–Crippen MR) is 110 cm³/mol. The first kappa shape index (κ1) is 18.5. The normalized spacial score (nSPS) is 14.3. The highest BCUT2D eigenvalue weighted by Gasteiger charge is 2.22. The van der Waals surface area contributed by atoms with Gasteiger partial charge in [0, 0.05) is 37.9 Å². The molecule has 0 bridgehead atoms. The first-order valence-electron chi connectivity index (χ1n) is 9.25. The van der Waals surface area contributed by atoms with Gasteiger partial charge in [0.25, 0.3) is 0 Å². The van der Waals surface area contributed by atoms with Crippen molar-refractivity contribution in [1.29, 1.82) is 0 Å². The SMILES string of the molecule is Cc1ccc(-c2nc(SCC(=O)N3CCN(c4ccccn4)CC3)n[nH]2)cc1. The summed E-state index contributed by atoms with van der Waals surface area (Å²) in [6.07, 6.45) is 1.80. The van der Waals surface area contributed by atoms with Crippen LogP contribution in [0.2, 0.25) is 0 Å². The molecule has 0 unspecified atom stereocenters. The fraction of sp³-hybridized carbons (Fsp3) is 0.300. The van der Waals surface area contributed by atoms with E-state index in [0.29, 0.717) is 24.0 Å². The third-order valence-corrected chi connectivity index (χ3v) is 5.55. The van der Waals surface area contributed by atoms with Crippen molar-refractivity contribution in [3.63, 3.8) is 0 Å². The predicted octanol–water partition coefficient (Wildman–Crippen LogP) is 2.62. The molecule has 1 aromatic carbocycles. The molecule has 3 aromatic rings. The van der Waals surface area contributed by atoms with E-state index < -0.39 is 0 Å². The van der Waals surface area contributed by atoms with E-state index in [9.17, 15) is 4.79 Å². The lowest BCUT2D eigenvalue weighted by Gasteiger charge is -2.35. The molecule has 1 aliphatic heterocycles. The zero-order chi connectivity index (χ0) is 19.3. The van der Waals surface area contributed by atoms with Crippen LogP contribution in [-0.4, -0.2) is 62.9 Å². The number of aromatic amines is 1. The van der Waals surface area contributed by atoms with E-state index in [1.165, 1.54) is 17.3 Å². The van der Waals surface area contributed by atoms with Gasteiger partial charge in [-0.05, 0) is 19.1 Å². The van der Waals surface area contributed by atoms with Gasteiger partial charge in [0.1, 0.15) is 5.82 Å². The molecule has 0 radical (unpaired) electrons. The number of nitrogens with zero attached hydrogens (tertiary/aromatic N) is 5. The van der Waals surface area contributed by atoms with Gasteiger partial charge in [0.2, 0.25) is 11.1 Å². The Bertz CT molecular complexity index is 919. The molecule has 144 valence electrons. The van der Waals surface area contributed by atoms with Crippen molar-refractivity contribution in [2.45, 2.75) is 12.1 Å². The minimum atomic E-state index is 0.118. The highest BCUT2D eigenvalue weighted by Crippen LogP contribution is 2.20. The summed E-state index contributed by atoms with van der Waals surface area (Å²) in [7, 11) is 0. The number of carbonyl (C=O) groups excluding carboxylic acids is 1. The molecule has 2 aromatic heterocycles. The highest BCUT2D eigenvalue weighted by atomic mass is 32.2. The minimum Gasteiger partial charge on any atom is -0.353 e. The monoisotopic (exact) mass is 394 g/mol. The number of rotatable bonds is 5. The van der Waals surface area contributed by atoms with E-state index in [0.717, 1.165) is 30.3 Å². The molecular weight excluding hydrogens is 372 g/mol. The summed E-state index contributed by atoms with van der Waals surface area (Å²) in [6.45, 7) is 5.06. The number of anilines is 1. The third kappa shape index (κ3) is 4.33. The average Bonchev–Trinajstić information content (AvgIpc) is 3.22. The van der Waals surface area contributed by atoms with Crippen LogP contribution < -0.4 is 4.90 Å². The van der Waals surface area contributed by atoms with Gasteiger partial charge in [0.15, 0.2) is 5.82 Å². The molecule has 4 rings (SSSR count). The number of pyridine rings is 1. The molecule has 1 N–H and O–H groups in total. The second-order valence-corrected chi connectivity index (χ2v) is 7.62. The number of benzene rings is 1. The van der Waals surface area contributed by atoms with Gasteiger partial charge in [-0.25, -0.2) is 9.97 Å². The van der Waals surface area contributed by atoms with Gasteiger partial charge < -0.3 is 9.80 Å². The summed E-state index contributed by atoms with van der Waals surface area (Å²) >= 11 is 1.37. The van der Waals surface area contributed by atoms with Crippen LogP contribution >= 0.6 is 11.8 Å². The van der Waals surface area contributed by atoms with Crippen molar-refractivity contribution in [1.82, 2.24) is 25.1 Å². The van der Waals surface area contributed by atoms with Crippen LogP contribution in [0, 0.1) is 6.92 Å². The molecular formula is C20H22N6OS. The number of aryl methyl sites for hydroxylation is 1. The molecule has 3 heterocycles. The Balaban J connectivity index is 1.28. The Morgan fingerprint density at radius 3 is 2.61 bits per heavy atom. The van der Waals surface area contributed by atoms with Crippen LogP contribution in [-0.2, 0) is 4.79 Å². The maximum Gasteiger partial charge on any atom is 0.233 e.